The van der Waals surface area contributed by atoms with Crippen molar-refractivity contribution in [1.29, 1.82) is 0 Å². The van der Waals surface area contributed by atoms with Crippen LogP contribution in [-0.4, -0.2) is 31.4 Å². The number of Topliss-reactive ketones (excluding diaryl/α,β-unsaturated/α-hetero) is 1. The van der Waals surface area contributed by atoms with Crippen LogP contribution in [0.2, 0.25) is 0 Å². The number of nitrogens with one attached hydrogen (secondary N) is 2. The van der Waals surface area contributed by atoms with Crippen molar-refractivity contribution in [2.75, 3.05) is 24.3 Å². The normalized spacial score (nSPS) is 14.3. The van der Waals surface area contributed by atoms with Crippen LogP contribution in [0.25, 0.3) is 0 Å². The maximum absolute atomic E-state index is 12.7. The molecule has 0 aromatic heterocycles. The van der Waals surface area contributed by atoms with Gasteiger partial charge in [-0.05, 0) is 42.8 Å². The zero-order chi connectivity index (χ0) is 20.1. The summed E-state index contributed by atoms with van der Waals surface area (Å²) in [5, 5.41) is 5.79. The first-order valence-electron chi connectivity index (χ1n) is 8.86. The fourth-order valence-corrected chi connectivity index (χ4v) is 2.67. The number of anilines is 2. The first-order valence-corrected chi connectivity index (χ1v) is 8.86. The van der Waals surface area contributed by atoms with Crippen LogP contribution in [0.4, 0.5) is 11.4 Å². The molecule has 0 spiro atoms. The van der Waals surface area contributed by atoms with Crippen molar-refractivity contribution in [3.05, 3.63) is 65.4 Å². The third kappa shape index (κ3) is 3.88. The average Bonchev–Trinajstić information content (AvgIpc) is 2.72. The van der Waals surface area contributed by atoms with Crippen LogP contribution in [0.5, 0.6) is 5.75 Å². The van der Waals surface area contributed by atoms with E-state index in [0.29, 0.717) is 29.1 Å². The van der Waals surface area contributed by atoms with E-state index in [1.54, 1.807) is 49.5 Å². The zero-order valence-corrected chi connectivity index (χ0v) is 15.6. The van der Waals surface area contributed by atoms with Gasteiger partial charge in [0.15, 0.2) is 5.75 Å². The smallest absolute Gasteiger partial charge is 0.349 e. The SMILES string of the molecule is CCCOC(=O)c1ccc(NC=C2C(=O)Oc3c(NC)cccc3C2=O)cc1. The van der Waals surface area contributed by atoms with Crippen molar-refractivity contribution < 1.29 is 23.9 Å². The van der Waals surface area contributed by atoms with E-state index < -0.39 is 17.7 Å². The Morgan fingerprint density at radius 2 is 1.89 bits per heavy atom. The number of para-hydroxylation sites is 1. The fourth-order valence-electron chi connectivity index (χ4n) is 2.67. The molecular formula is C21H20N2O5. The van der Waals surface area contributed by atoms with Crippen molar-refractivity contribution in [2.24, 2.45) is 0 Å². The molecule has 7 nitrogen and oxygen atoms in total. The van der Waals surface area contributed by atoms with Crippen molar-refractivity contribution in [3.8, 4) is 5.75 Å². The maximum Gasteiger partial charge on any atom is 0.349 e. The molecule has 28 heavy (non-hydrogen) atoms. The summed E-state index contributed by atoms with van der Waals surface area (Å²) < 4.78 is 10.4. The second-order valence-corrected chi connectivity index (χ2v) is 6.07. The fraction of sp³-hybridized carbons (Fsp3) is 0.190. The molecule has 1 aliphatic heterocycles. The van der Waals surface area contributed by atoms with Crippen molar-refractivity contribution >= 4 is 29.1 Å². The van der Waals surface area contributed by atoms with E-state index in [-0.39, 0.29) is 11.3 Å². The van der Waals surface area contributed by atoms with Gasteiger partial charge in [-0.1, -0.05) is 13.0 Å². The number of esters is 2. The molecular weight excluding hydrogens is 360 g/mol. The zero-order valence-electron chi connectivity index (χ0n) is 15.6. The Bertz CT molecular complexity index is 948. The summed E-state index contributed by atoms with van der Waals surface area (Å²) >= 11 is 0. The van der Waals surface area contributed by atoms with Gasteiger partial charge in [-0.2, -0.15) is 0 Å². The van der Waals surface area contributed by atoms with E-state index in [1.807, 2.05) is 6.92 Å². The Labute approximate surface area is 162 Å². The third-order valence-electron chi connectivity index (χ3n) is 4.13. The first kappa shape index (κ1) is 19.2. The number of rotatable bonds is 6. The summed E-state index contributed by atoms with van der Waals surface area (Å²) in [5.74, 6) is -1.31. The molecule has 0 fully saturated rings. The van der Waals surface area contributed by atoms with Crippen LogP contribution in [0.15, 0.2) is 54.2 Å². The van der Waals surface area contributed by atoms with Crippen molar-refractivity contribution in [3.63, 3.8) is 0 Å². The summed E-state index contributed by atoms with van der Waals surface area (Å²) in [7, 11) is 1.68. The minimum absolute atomic E-state index is 0.104. The number of ether oxygens (including phenoxy) is 2. The number of ketones is 1. The second kappa shape index (κ2) is 8.39. The molecule has 7 heteroatoms. The Hall–Kier alpha value is -3.61. The van der Waals surface area contributed by atoms with E-state index in [4.69, 9.17) is 9.47 Å². The van der Waals surface area contributed by atoms with E-state index in [9.17, 15) is 14.4 Å². The maximum atomic E-state index is 12.7. The molecule has 2 aromatic rings. The van der Waals surface area contributed by atoms with Gasteiger partial charge >= 0.3 is 11.9 Å². The molecule has 1 heterocycles. The molecule has 1 aliphatic rings. The molecule has 3 rings (SSSR count). The lowest BCUT2D eigenvalue weighted by Gasteiger charge is -2.19. The van der Waals surface area contributed by atoms with Crippen LogP contribution in [-0.2, 0) is 9.53 Å². The number of benzene rings is 2. The summed E-state index contributed by atoms with van der Waals surface area (Å²) in [4.78, 5) is 36.7. The van der Waals surface area contributed by atoms with E-state index >= 15 is 0 Å². The highest BCUT2D eigenvalue weighted by molar-refractivity contribution is 6.28. The molecule has 144 valence electrons. The van der Waals surface area contributed by atoms with E-state index in [2.05, 4.69) is 10.6 Å². The van der Waals surface area contributed by atoms with Gasteiger partial charge in [-0.15, -0.1) is 0 Å². The minimum Gasteiger partial charge on any atom is -0.462 e. The van der Waals surface area contributed by atoms with Crippen LogP contribution < -0.4 is 15.4 Å². The van der Waals surface area contributed by atoms with Gasteiger partial charge in [0.05, 0.1) is 23.4 Å². The number of fused-ring (bicyclic) bond motifs is 1. The van der Waals surface area contributed by atoms with Crippen molar-refractivity contribution in [2.45, 2.75) is 13.3 Å². The largest absolute Gasteiger partial charge is 0.462 e. The highest BCUT2D eigenvalue weighted by atomic mass is 16.5. The predicted molar refractivity (Wildman–Crippen MR) is 105 cm³/mol. The predicted octanol–water partition coefficient (Wildman–Crippen LogP) is 3.39. The molecule has 0 radical (unpaired) electrons. The standard InChI is InChI=1S/C21H20N2O5/c1-3-11-27-20(25)13-7-9-14(10-8-13)23-12-16-18(24)15-5-4-6-17(22-2)19(15)28-21(16)26/h4-10,12,22-23H,3,11H2,1-2H3. The summed E-state index contributed by atoms with van der Waals surface area (Å²) in [6.07, 6.45) is 2.06. The van der Waals surface area contributed by atoms with Gasteiger partial charge in [0.1, 0.15) is 5.57 Å². The number of carbonyl (C=O) groups is 3. The monoisotopic (exact) mass is 380 g/mol. The Morgan fingerprint density at radius 1 is 1.14 bits per heavy atom. The highest BCUT2D eigenvalue weighted by Crippen LogP contribution is 2.34. The molecule has 0 atom stereocenters. The topological polar surface area (TPSA) is 93.7 Å². The molecule has 2 N–H and O–H groups in total. The van der Waals surface area contributed by atoms with Gasteiger partial charge in [0.25, 0.3) is 0 Å². The quantitative estimate of drug-likeness (QED) is 0.343. The van der Waals surface area contributed by atoms with Gasteiger partial charge in [0.2, 0.25) is 5.78 Å². The third-order valence-corrected chi connectivity index (χ3v) is 4.13. The van der Waals surface area contributed by atoms with Gasteiger partial charge in [-0.25, -0.2) is 9.59 Å². The summed E-state index contributed by atoms with van der Waals surface area (Å²) in [5.41, 5.74) is 1.81. The number of hydrogen-bond donors (Lipinski definition) is 2. The Morgan fingerprint density at radius 3 is 2.57 bits per heavy atom. The summed E-state index contributed by atoms with van der Waals surface area (Å²) in [6.45, 7) is 2.29. The molecule has 0 amide bonds. The molecule has 0 aliphatic carbocycles. The summed E-state index contributed by atoms with van der Waals surface area (Å²) in [6, 6.07) is 11.6. The van der Waals surface area contributed by atoms with Gasteiger partial charge in [-0.3, -0.25) is 4.79 Å². The van der Waals surface area contributed by atoms with Crippen LogP contribution in [0, 0.1) is 0 Å². The lowest BCUT2D eigenvalue weighted by Crippen LogP contribution is -2.26. The number of hydrogen-bond acceptors (Lipinski definition) is 7. The van der Waals surface area contributed by atoms with E-state index in [0.717, 1.165) is 6.42 Å². The van der Waals surface area contributed by atoms with Crippen LogP contribution >= 0.6 is 0 Å². The lowest BCUT2D eigenvalue weighted by atomic mass is 9.99. The Kier molecular flexibility index (Phi) is 5.74. The van der Waals surface area contributed by atoms with Crippen LogP contribution in [0.1, 0.15) is 34.1 Å². The minimum atomic E-state index is -0.729. The first-order chi connectivity index (χ1) is 13.5. The van der Waals surface area contributed by atoms with E-state index in [1.165, 1.54) is 6.20 Å². The highest BCUT2D eigenvalue weighted by Gasteiger charge is 2.32. The second-order valence-electron chi connectivity index (χ2n) is 6.07. The molecule has 0 unspecified atom stereocenters. The van der Waals surface area contributed by atoms with Crippen molar-refractivity contribution in [1.82, 2.24) is 0 Å². The Balaban J connectivity index is 1.76. The van der Waals surface area contributed by atoms with Gasteiger partial charge in [0, 0.05) is 18.9 Å². The number of carbonyl (C=O) groups excluding carboxylic acids is 3. The molecule has 0 bridgehead atoms. The average molecular weight is 380 g/mol. The molecule has 0 saturated carbocycles. The van der Waals surface area contributed by atoms with Crippen LogP contribution in [0.3, 0.4) is 0 Å². The lowest BCUT2D eigenvalue weighted by molar-refractivity contribution is -0.130. The molecule has 2 aromatic carbocycles. The van der Waals surface area contributed by atoms with Gasteiger partial charge < -0.3 is 20.1 Å². The molecule has 0 saturated heterocycles.